The average molecular weight is 298 g/mol. The maximum atomic E-state index is 12.0. The minimum absolute atomic E-state index is 0.126. The van der Waals surface area contributed by atoms with E-state index in [1.165, 1.54) is 0 Å². The van der Waals surface area contributed by atoms with Crippen LogP contribution in [0, 0.1) is 0 Å². The Morgan fingerprint density at radius 3 is 2.86 bits per heavy atom. The number of ether oxygens (including phenoxy) is 1. The van der Waals surface area contributed by atoms with Crippen LogP contribution in [0.25, 0.3) is 10.8 Å². The zero-order chi connectivity index (χ0) is 15.7. The number of carbonyl (C=O) groups is 1. The third-order valence-electron chi connectivity index (χ3n) is 3.75. The van der Waals surface area contributed by atoms with E-state index >= 15 is 0 Å². The third-order valence-corrected chi connectivity index (χ3v) is 3.75. The first-order chi connectivity index (χ1) is 10.6. The number of amides is 1. The number of rotatable bonds is 3. The van der Waals surface area contributed by atoms with Crippen LogP contribution in [0.3, 0.4) is 0 Å². The first-order valence-electron chi connectivity index (χ1n) is 7.35. The number of phenolic OH excluding ortho intramolecular Hbond substituents is 1. The molecule has 2 aromatic rings. The molecule has 114 valence electrons. The molecule has 0 spiro atoms. The van der Waals surface area contributed by atoms with Gasteiger partial charge in [-0.3, -0.25) is 4.79 Å². The Morgan fingerprint density at radius 2 is 2.09 bits per heavy atom. The second-order valence-corrected chi connectivity index (χ2v) is 5.28. The van der Waals surface area contributed by atoms with Gasteiger partial charge in [0.1, 0.15) is 11.9 Å². The van der Waals surface area contributed by atoms with E-state index < -0.39 is 6.04 Å². The number of phenols is 1. The Hall–Kier alpha value is -2.56. The monoisotopic (exact) mass is 298 g/mol. The predicted molar refractivity (Wildman–Crippen MR) is 85.2 cm³/mol. The van der Waals surface area contributed by atoms with Crippen molar-refractivity contribution in [3.8, 4) is 5.75 Å². The summed E-state index contributed by atoms with van der Waals surface area (Å²) in [6.07, 6.45) is -0.354. The number of nitrogens with zero attached hydrogens (tertiary/aromatic N) is 1. The van der Waals surface area contributed by atoms with Gasteiger partial charge in [-0.05, 0) is 25.3 Å². The Labute approximate surface area is 128 Å². The SMILES string of the molecule is CCNC(=O)[C@H]1N=C(c2ccc3ccccc3c2O)O[C@H]1C. The van der Waals surface area contributed by atoms with Gasteiger partial charge >= 0.3 is 0 Å². The third kappa shape index (κ3) is 2.39. The number of benzene rings is 2. The molecule has 2 N–H and O–H groups in total. The quantitative estimate of drug-likeness (QED) is 0.912. The highest BCUT2D eigenvalue weighted by Crippen LogP contribution is 2.31. The molecule has 0 aromatic heterocycles. The molecule has 1 aliphatic heterocycles. The molecule has 0 fully saturated rings. The lowest BCUT2D eigenvalue weighted by Crippen LogP contribution is -2.38. The second-order valence-electron chi connectivity index (χ2n) is 5.28. The van der Waals surface area contributed by atoms with Crippen molar-refractivity contribution in [1.82, 2.24) is 5.32 Å². The van der Waals surface area contributed by atoms with Crippen LogP contribution in [0.4, 0.5) is 0 Å². The van der Waals surface area contributed by atoms with Crippen LogP contribution in [0.15, 0.2) is 41.4 Å². The summed E-state index contributed by atoms with van der Waals surface area (Å²) in [7, 11) is 0. The van der Waals surface area contributed by atoms with Crippen molar-refractivity contribution in [2.45, 2.75) is 26.0 Å². The van der Waals surface area contributed by atoms with Crippen molar-refractivity contribution in [2.24, 2.45) is 4.99 Å². The number of aliphatic imine (C=N–C) groups is 1. The Kier molecular flexibility index (Phi) is 3.71. The second kappa shape index (κ2) is 5.67. The normalized spacial score (nSPS) is 20.5. The fraction of sp³-hybridized carbons (Fsp3) is 0.294. The van der Waals surface area contributed by atoms with Crippen LogP contribution in [0.1, 0.15) is 19.4 Å². The Bertz CT molecular complexity index is 755. The highest BCUT2D eigenvalue weighted by molar-refractivity contribution is 6.05. The molecule has 22 heavy (non-hydrogen) atoms. The van der Waals surface area contributed by atoms with Gasteiger partial charge in [-0.25, -0.2) is 4.99 Å². The van der Waals surface area contributed by atoms with Gasteiger partial charge in [-0.2, -0.15) is 0 Å². The fourth-order valence-corrected chi connectivity index (χ4v) is 2.61. The van der Waals surface area contributed by atoms with Crippen molar-refractivity contribution in [1.29, 1.82) is 0 Å². The Morgan fingerprint density at radius 1 is 1.32 bits per heavy atom. The molecule has 0 saturated carbocycles. The minimum Gasteiger partial charge on any atom is -0.506 e. The van der Waals surface area contributed by atoms with E-state index in [0.717, 1.165) is 10.8 Å². The van der Waals surface area contributed by atoms with Crippen LogP contribution in [0.2, 0.25) is 0 Å². The lowest BCUT2D eigenvalue weighted by atomic mass is 10.1. The predicted octanol–water partition coefficient (Wildman–Crippen LogP) is 2.22. The molecule has 2 aromatic carbocycles. The first kappa shape index (κ1) is 14.4. The highest BCUT2D eigenvalue weighted by atomic mass is 16.5. The van der Waals surface area contributed by atoms with E-state index in [9.17, 15) is 9.90 Å². The van der Waals surface area contributed by atoms with Crippen molar-refractivity contribution < 1.29 is 14.6 Å². The van der Waals surface area contributed by atoms with E-state index in [1.54, 1.807) is 13.0 Å². The summed E-state index contributed by atoms with van der Waals surface area (Å²) in [5.41, 5.74) is 0.511. The lowest BCUT2D eigenvalue weighted by molar-refractivity contribution is -0.123. The first-order valence-corrected chi connectivity index (χ1v) is 7.35. The van der Waals surface area contributed by atoms with Crippen LogP contribution < -0.4 is 5.32 Å². The number of fused-ring (bicyclic) bond motifs is 1. The van der Waals surface area contributed by atoms with Crippen molar-refractivity contribution in [2.75, 3.05) is 6.54 Å². The van der Waals surface area contributed by atoms with E-state index in [-0.39, 0.29) is 17.8 Å². The number of carbonyl (C=O) groups excluding carboxylic acids is 1. The van der Waals surface area contributed by atoms with Crippen LogP contribution in [0.5, 0.6) is 5.75 Å². The minimum atomic E-state index is -0.583. The van der Waals surface area contributed by atoms with Crippen LogP contribution in [-0.2, 0) is 9.53 Å². The smallest absolute Gasteiger partial charge is 0.248 e. The summed E-state index contributed by atoms with van der Waals surface area (Å²) < 4.78 is 5.69. The van der Waals surface area contributed by atoms with Crippen molar-refractivity contribution >= 4 is 22.6 Å². The maximum absolute atomic E-state index is 12.0. The van der Waals surface area contributed by atoms with E-state index in [1.807, 2.05) is 37.3 Å². The fourth-order valence-electron chi connectivity index (χ4n) is 2.61. The summed E-state index contributed by atoms with van der Waals surface area (Å²) >= 11 is 0. The number of nitrogens with one attached hydrogen (secondary N) is 1. The number of likely N-dealkylation sites (N-methyl/N-ethyl adjacent to an activating group) is 1. The summed E-state index contributed by atoms with van der Waals surface area (Å²) in [6, 6.07) is 10.6. The van der Waals surface area contributed by atoms with E-state index in [4.69, 9.17) is 4.74 Å². The van der Waals surface area contributed by atoms with E-state index in [2.05, 4.69) is 10.3 Å². The lowest BCUT2D eigenvalue weighted by Gasteiger charge is -2.12. The molecule has 0 unspecified atom stereocenters. The number of hydrogen-bond acceptors (Lipinski definition) is 4. The van der Waals surface area contributed by atoms with Gasteiger partial charge in [0.15, 0.2) is 6.04 Å². The molecule has 5 heteroatoms. The molecular formula is C17H18N2O3. The van der Waals surface area contributed by atoms with Crippen LogP contribution >= 0.6 is 0 Å². The standard InChI is InChI=1S/C17H18N2O3/c1-3-18-16(21)14-10(2)22-17(19-14)13-9-8-11-6-4-5-7-12(11)15(13)20/h4-10,14,20H,3H2,1-2H3,(H,18,21)/t10-,14-/m0/s1. The molecule has 0 saturated heterocycles. The van der Waals surface area contributed by atoms with Gasteiger partial charge in [0.25, 0.3) is 0 Å². The molecule has 3 rings (SSSR count). The molecular weight excluding hydrogens is 280 g/mol. The largest absolute Gasteiger partial charge is 0.506 e. The molecule has 0 radical (unpaired) electrons. The summed E-state index contributed by atoms with van der Waals surface area (Å²) in [5, 5.41) is 14.9. The number of hydrogen-bond donors (Lipinski definition) is 2. The molecule has 1 heterocycles. The topological polar surface area (TPSA) is 70.9 Å². The van der Waals surface area contributed by atoms with Gasteiger partial charge in [-0.1, -0.05) is 30.3 Å². The molecule has 1 aliphatic rings. The maximum Gasteiger partial charge on any atom is 0.248 e. The Balaban J connectivity index is 1.99. The van der Waals surface area contributed by atoms with Gasteiger partial charge < -0.3 is 15.2 Å². The molecule has 0 aliphatic carbocycles. The summed E-state index contributed by atoms with van der Waals surface area (Å²) in [5.74, 6) is 0.276. The summed E-state index contributed by atoms with van der Waals surface area (Å²) in [4.78, 5) is 16.3. The van der Waals surface area contributed by atoms with Gasteiger partial charge in [0, 0.05) is 11.9 Å². The van der Waals surface area contributed by atoms with Crippen LogP contribution in [-0.4, -0.2) is 35.6 Å². The molecule has 2 atom stereocenters. The van der Waals surface area contributed by atoms with Gasteiger partial charge in [0.05, 0.1) is 5.56 Å². The number of aromatic hydroxyl groups is 1. The highest BCUT2D eigenvalue weighted by Gasteiger charge is 2.34. The van der Waals surface area contributed by atoms with Crippen molar-refractivity contribution in [3.05, 3.63) is 42.0 Å². The molecule has 1 amide bonds. The average Bonchev–Trinajstić information content (AvgIpc) is 2.90. The molecule has 5 nitrogen and oxygen atoms in total. The van der Waals surface area contributed by atoms with E-state index in [0.29, 0.717) is 18.0 Å². The van der Waals surface area contributed by atoms with Gasteiger partial charge in [-0.15, -0.1) is 0 Å². The molecule has 0 bridgehead atoms. The van der Waals surface area contributed by atoms with Crippen molar-refractivity contribution in [3.63, 3.8) is 0 Å². The zero-order valence-electron chi connectivity index (χ0n) is 12.5. The zero-order valence-corrected chi connectivity index (χ0v) is 12.5. The summed E-state index contributed by atoms with van der Waals surface area (Å²) in [6.45, 7) is 4.21. The van der Waals surface area contributed by atoms with Gasteiger partial charge in [0.2, 0.25) is 11.8 Å².